The maximum absolute atomic E-state index is 12.5. The van der Waals surface area contributed by atoms with Crippen LogP contribution in [0.15, 0.2) is 6.07 Å². The molecular weight excluding hydrogens is 271 g/mol. The van der Waals surface area contributed by atoms with E-state index in [0.717, 1.165) is 12.8 Å². The first-order valence-corrected chi connectivity index (χ1v) is 5.80. The fourth-order valence-corrected chi connectivity index (χ4v) is 1.84. The van der Waals surface area contributed by atoms with Crippen LogP contribution in [0.2, 0.25) is 5.15 Å². The lowest BCUT2D eigenvalue weighted by Crippen LogP contribution is -2.20. The van der Waals surface area contributed by atoms with Crippen molar-refractivity contribution in [1.82, 2.24) is 9.97 Å². The molecule has 1 aliphatic heterocycles. The van der Waals surface area contributed by atoms with Crippen molar-refractivity contribution in [3.05, 3.63) is 17.0 Å². The molecule has 4 nitrogen and oxygen atoms in total. The average Bonchev–Trinajstić information content (AvgIpc) is 2.77. The van der Waals surface area contributed by atoms with Crippen LogP contribution in [0.4, 0.5) is 19.0 Å². The van der Waals surface area contributed by atoms with Crippen molar-refractivity contribution in [3.8, 4) is 0 Å². The lowest BCUT2D eigenvalue weighted by atomic mass is 10.2. The number of rotatable bonds is 3. The Balaban J connectivity index is 2.05. The molecule has 18 heavy (non-hydrogen) atoms. The van der Waals surface area contributed by atoms with E-state index in [2.05, 4.69) is 15.3 Å². The first-order valence-electron chi connectivity index (χ1n) is 5.42. The zero-order chi connectivity index (χ0) is 13.2. The van der Waals surface area contributed by atoms with Crippen LogP contribution < -0.4 is 5.32 Å². The maximum Gasteiger partial charge on any atom is 0.451 e. The topological polar surface area (TPSA) is 47.0 Å². The Morgan fingerprint density at radius 3 is 2.83 bits per heavy atom. The van der Waals surface area contributed by atoms with Crippen molar-refractivity contribution < 1.29 is 17.9 Å². The summed E-state index contributed by atoms with van der Waals surface area (Å²) >= 11 is 5.53. The second-order valence-electron chi connectivity index (χ2n) is 3.91. The van der Waals surface area contributed by atoms with Crippen molar-refractivity contribution in [2.45, 2.75) is 25.1 Å². The summed E-state index contributed by atoms with van der Waals surface area (Å²) in [4.78, 5) is 6.52. The van der Waals surface area contributed by atoms with Gasteiger partial charge in [0.15, 0.2) is 0 Å². The molecule has 0 amide bonds. The molecule has 1 aliphatic rings. The van der Waals surface area contributed by atoms with E-state index >= 15 is 0 Å². The molecule has 0 aliphatic carbocycles. The van der Waals surface area contributed by atoms with Crippen molar-refractivity contribution >= 4 is 17.4 Å². The van der Waals surface area contributed by atoms with E-state index in [1.54, 1.807) is 0 Å². The van der Waals surface area contributed by atoms with Gasteiger partial charge in [0.05, 0.1) is 6.10 Å². The molecule has 1 atom stereocenters. The Kier molecular flexibility index (Phi) is 3.91. The zero-order valence-corrected chi connectivity index (χ0v) is 10.1. The number of halogens is 4. The number of anilines is 1. The second kappa shape index (κ2) is 5.27. The Morgan fingerprint density at radius 2 is 2.22 bits per heavy atom. The van der Waals surface area contributed by atoms with Gasteiger partial charge in [-0.15, -0.1) is 0 Å². The normalized spacial score (nSPS) is 20.1. The number of nitrogens with one attached hydrogen (secondary N) is 1. The molecule has 1 aromatic rings. The SMILES string of the molecule is FC(F)(F)c1nc(Cl)cc(NC[C@@H]2CCCO2)n1. The smallest absolute Gasteiger partial charge is 0.376 e. The lowest BCUT2D eigenvalue weighted by Gasteiger charge is -2.12. The van der Waals surface area contributed by atoms with Gasteiger partial charge in [-0.25, -0.2) is 9.97 Å². The highest BCUT2D eigenvalue weighted by atomic mass is 35.5. The molecule has 2 rings (SSSR count). The third-order valence-corrected chi connectivity index (χ3v) is 2.68. The Labute approximate surface area is 107 Å². The summed E-state index contributed by atoms with van der Waals surface area (Å²) in [6.07, 6.45) is -2.75. The van der Waals surface area contributed by atoms with E-state index in [4.69, 9.17) is 16.3 Å². The van der Waals surface area contributed by atoms with Gasteiger partial charge in [0, 0.05) is 19.2 Å². The molecule has 1 saturated heterocycles. The van der Waals surface area contributed by atoms with Gasteiger partial charge in [-0.3, -0.25) is 0 Å². The van der Waals surface area contributed by atoms with Crippen molar-refractivity contribution in [2.24, 2.45) is 0 Å². The van der Waals surface area contributed by atoms with Crippen molar-refractivity contribution in [3.63, 3.8) is 0 Å². The fraction of sp³-hybridized carbons (Fsp3) is 0.600. The monoisotopic (exact) mass is 281 g/mol. The van der Waals surface area contributed by atoms with Crippen LogP contribution >= 0.6 is 11.6 Å². The van der Waals surface area contributed by atoms with E-state index in [1.807, 2.05) is 0 Å². The van der Waals surface area contributed by atoms with Gasteiger partial charge in [-0.05, 0) is 12.8 Å². The zero-order valence-electron chi connectivity index (χ0n) is 9.30. The minimum absolute atomic E-state index is 0.00748. The number of aromatic nitrogens is 2. The fourth-order valence-electron chi connectivity index (χ4n) is 1.66. The third-order valence-electron chi connectivity index (χ3n) is 2.48. The first-order chi connectivity index (χ1) is 8.45. The molecule has 0 aromatic carbocycles. The molecule has 0 radical (unpaired) electrons. The van der Waals surface area contributed by atoms with Crippen LogP contribution in [0, 0.1) is 0 Å². The van der Waals surface area contributed by atoms with Crippen LogP contribution in [-0.2, 0) is 10.9 Å². The number of nitrogens with zero attached hydrogens (tertiary/aromatic N) is 2. The van der Waals surface area contributed by atoms with Crippen molar-refractivity contribution in [2.75, 3.05) is 18.5 Å². The molecule has 0 bridgehead atoms. The Hall–Kier alpha value is -1.08. The van der Waals surface area contributed by atoms with E-state index in [0.29, 0.717) is 13.2 Å². The molecule has 1 fully saturated rings. The summed E-state index contributed by atoms with van der Waals surface area (Å²) in [7, 11) is 0. The van der Waals surface area contributed by atoms with E-state index in [-0.39, 0.29) is 17.1 Å². The minimum atomic E-state index is -4.61. The third kappa shape index (κ3) is 3.46. The van der Waals surface area contributed by atoms with Gasteiger partial charge in [0.2, 0.25) is 5.82 Å². The van der Waals surface area contributed by atoms with Crippen LogP contribution in [0.5, 0.6) is 0 Å². The molecule has 2 heterocycles. The Bertz CT molecular complexity index is 421. The van der Waals surface area contributed by atoms with Gasteiger partial charge >= 0.3 is 6.18 Å². The molecule has 0 spiro atoms. The summed E-state index contributed by atoms with van der Waals surface area (Å²) in [5.74, 6) is -1.19. The molecule has 1 N–H and O–H groups in total. The number of hydrogen-bond donors (Lipinski definition) is 1. The summed E-state index contributed by atoms with van der Waals surface area (Å²) < 4.78 is 42.7. The van der Waals surface area contributed by atoms with Gasteiger partial charge in [0.1, 0.15) is 11.0 Å². The number of hydrogen-bond acceptors (Lipinski definition) is 4. The number of ether oxygens (including phenoxy) is 1. The van der Waals surface area contributed by atoms with Crippen LogP contribution in [0.3, 0.4) is 0 Å². The summed E-state index contributed by atoms with van der Waals surface area (Å²) in [5, 5.41) is 2.54. The van der Waals surface area contributed by atoms with Gasteiger partial charge in [-0.1, -0.05) is 11.6 Å². The van der Waals surface area contributed by atoms with E-state index in [1.165, 1.54) is 6.07 Å². The van der Waals surface area contributed by atoms with Gasteiger partial charge in [-0.2, -0.15) is 13.2 Å². The lowest BCUT2D eigenvalue weighted by molar-refractivity contribution is -0.144. The van der Waals surface area contributed by atoms with Crippen LogP contribution in [0.25, 0.3) is 0 Å². The van der Waals surface area contributed by atoms with E-state index in [9.17, 15) is 13.2 Å². The van der Waals surface area contributed by atoms with Gasteiger partial charge < -0.3 is 10.1 Å². The number of alkyl halides is 3. The van der Waals surface area contributed by atoms with E-state index < -0.39 is 12.0 Å². The standard InChI is InChI=1S/C10H11ClF3N3O/c11-7-4-8(15-5-6-2-1-3-18-6)17-9(16-7)10(12,13)14/h4,6H,1-3,5H2,(H,15,16,17)/t6-/m0/s1. The maximum atomic E-state index is 12.5. The molecule has 1 aromatic heterocycles. The van der Waals surface area contributed by atoms with Crippen molar-refractivity contribution in [1.29, 1.82) is 0 Å². The molecule has 0 saturated carbocycles. The highest BCUT2D eigenvalue weighted by Crippen LogP contribution is 2.28. The average molecular weight is 282 g/mol. The molecule has 0 unspecified atom stereocenters. The first kappa shape index (κ1) is 13.4. The predicted molar refractivity (Wildman–Crippen MR) is 59.5 cm³/mol. The highest BCUT2D eigenvalue weighted by Gasteiger charge is 2.35. The summed E-state index contributed by atoms with van der Waals surface area (Å²) in [6, 6.07) is 1.26. The summed E-state index contributed by atoms with van der Waals surface area (Å²) in [5.41, 5.74) is 0. The van der Waals surface area contributed by atoms with Crippen LogP contribution in [-0.4, -0.2) is 29.2 Å². The van der Waals surface area contributed by atoms with Crippen LogP contribution in [0.1, 0.15) is 18.7 Å². The quantitative estimate of drug-likeness (QED) is 0.866. The largest absolute Gasteiger partial charge is 0.451 e. The highest BCUT2D eigenvalue weighted by molar-refractivity contribution is 6.29. The summed E-state index contributed by atoms with van der Waals surface area (Å²) in [6.45, 7) is 1.09. The second-order valence-corrected chi connectivity index (χ2v) is 4.30. The molecule has 100 valence electrons. The predicted octanol–water partition coefficient (Wildman–Crippen LogP) is 2.74. The minimum Gasteiger partial charge on any atom is -0.376 e. The van der Waals surface area contributed by atoms with Gasteiger partial charge in [0.25, 0.3) is 0 Å². The molecule has 8 heteroatoms. The Morgan fingerprint density at radius 1 is 1.44 bits per heavy atom. The molecular formula is C10H11ClF3N3O.